The van der Waals surface area contributed by atoms with Crippen LogP contribution in [0.2, 0.25) is 5.02 Å². The number of halogens is 1. The third-order valence-electron chi connectivity index (χ3n) is 5.23. The highest BCUT2D eigenvalue weighted by molar-refractivity contribution is 7.92. The van der Waals surface area contributed by atoms with Gasteiger partial charge in [-0.2, -0.15) is 5.10 Å². The van der Waals surface area contributed by atoms with Crippen LogP contribution in [0.1, 0.15) is 11.1 Å². The minimum atomic E-state index is -4.01. The molecule has 8 heteroatoms. The first-order valence-electron chi connectivity index (χ1n) is 10.5. The number of nitrogens with zero attached hydrogens (tertiary/aromatic N) is 2. The van der Waals surface area contributed by atoms with Crippen LogP contribution < -0.4 is 9.73 Å². The summed E-state index contributed by atoms with van der Waals surface area (Å²) in [6, 6.07) is 26.3. The van der Waals surface area contributed by atoms with Crippen molar-refractivity contribution in [2.24, 2.45) is 5.10 Å². The van der Waals surface area contributed by atoms with Crippen molar-refractivity contribution < 1.29 is 13.2 Å². The standard InChI is InChI=1S/C26H22ClN3O3S/c1-19-9-15-24(16-10-19)34(32,33)30(23-13-11-22(27)12-14-23)18-26(31)29-28-17-21-7-4-6-20-5-2-3-8-25(20)21/h2-17H,18H2,1H3,(H,29,31)/b28-17-. The highest BCUT2D eigenvalue weighted by Crippen LogP contribution is 2.25. The summed E-state index contributed by atoms with van der Waals surface area (Å²) in [5.74, 6) is -0.581. The molecule has 0 spiro atoms. The first-order chi connectivity index (χ1) is 16.3. The summed E-state index contributed by atoms with van der Waals surface area (Å²) in [7, 11) is -4.01. The number of anilines is 1. The molecule has 0 saturated carbocycles. The Balaban J connectivity index is 1.57. The molecule has 1 N–H and O–H groups in total. The Bertz CT molecular complexity index is 1450. The summed E-state index contributed by atoms with van der Waals surface area (Å²) in [4.78, 5) is 12.8. The van der Waals surface area contributed by atoms with Gasteiger partial charge in [-0.25, -0.2) is 13.8 Å². The molecular weight excluding hydrogens is 470 g/mol. The molecule has 1 amide bonds. The molecule has 172 valence electrons. The Hall–Kier alpha value is -3.68. The lowest BCUT2D eigenvalue weighted by Gasteiger charge is -2.23. The van der Waals surface area contributed by atoms with E-state index in [4.69, 9.17) is 11.6 Å². The van der Waals surface area contributed by atoms with Crippen molar-refractivity contribution in [3.63, 3.8) is 0 Å². The van der Waals surface area contributed by atoms with Crippen molar-refractivity contribution in [2.75, 3.05) is 10.8 Å². The van der Waals surface area contributed by atoms with E-state index in [-0.39, 0.29) is 4.90 Å². The number of aryl methyl sites for hydroxylation is 1. The normalized spacial score (nSPS) is 11.6. The summed E-state index contributed by atoms with van der Waals surface area (Å²) in [5, 5.41) is 6.56. The third kappa shape index (κ3) is 5.27. The molecule has 0 aliphatic heterocycles. The van der Waals surface area contributed by atoms with Gasteiger partial charge in [0.15, 0.2) is 0 Å². The van der Waals surface area contributed by atoms with Crippen molar-refractivity contribution in [1.82, 2.24) is 5.43 Å². The SMILES string of the molecule is Cc1ccc(S(=O)(=O)N(CC(=O)N/N=C\c2cccc3ccccc23)c2ccc(Cl)cc2)cc1. The van der Waals surface area contributed by atoms with Crippen molar-refractivity contribution in [2.45, 2.75) is 11.8 Å². The van der Waals surface area contributed by atoms with Crippen LogP contribution in [-0.4, -0.2) is 27.1 Å². The van der Waals surface area contributed by atoms with E-state index in [0.717, 1.165) is 26.2 Å². The zero-order chi connectivity index (χ0) is 24.1. The van der Waals surface area contributed by atoms with Gasteiger partial charge in [0.05, 0.1) is 16.8 Å². The van der Waals surface area contributed by atoms with E-state index in [0.29, 0.717) is 10.7 Å². The van der Waals surface area contributed by atoms with Crippen LogP contribution in [-0.2, 0) is 14.8 Å². The fourth-order valence-corrected chi connectivity index (χ4v) is 5.01. The van der Waals surface area contributed by atoms with Crippen LogP contribution in [0.5, 0.6) is 0 Å². The van der Waals surface area contributed by atoms with Crippen LogP contribution >= 0.6 is 11.6 Å². The summed E-state index contributed by atoms with van der Waals surface area (Å²) >= 11 is 5.97. The highest BCUT2D eigenvalue weighted by Gasteiger charge is 2.27. The summed E-state index contributed by atoms with van der Waals surface area (Å²) in [6.45, 7) is 1.42. The number of hydrogen-bond acceptors (Lipinski definition) is 4. The van der Waals surface area contributed by atoms with Gasteiger partial charge in [-0.15, -0.1) is 0 Å². The topological polar surface area (TPSA) is 78.8 Å². The molecule has 34 heavy (non-hydrogen) atoms. The predicted octanol–water partition coefficient (Wildman–Crippen LogP) is 5.15. The van der Waals surface area contributed by atoms with Crippen LogP contribution in [0.4, 0.5) is 5.69 Å². The summed E-state index contributed by atoms with van der Waals surface area (Å²) < 4.78 is 27.8. The molecule has 6 nitrogen and oxygen atoms in total. The van der Waals surface area contributed by atoms with Crippen molar-refractivity contribution >= 4 is 50.2 Å². The summed E-state index contributed by atoms with van der Waals surface area (Å²) in [6.07, 6.45) is 1.54. The molecule has 0 heterocycles. The lowest BCUT2D eigenvalue weighted by Crippen LogP contribution is -2.39. The second-order valence-electron chi connectivity index (χ2n) is 7.66. The fraction of sp³-hybridized carbons (Fsp3) is 0.0769. The number of carbonyl (C=O) groups excluding carboxylic acids is 1. The van der Waals surface area contributed by atoms with E-state index in [9.17, 15) is 13.2 Å². The smallest absolute Gasteiger partial charge is 0.264 e. The number of benzene rings is 4. The molecule has 4 rings (SSSR count). The van der Waals surface area contributed by atoms with Gasteiger partial charge in [-0.3, -0.25) is 9.10 Å². The van der Waals surface area contributed by atoms with Gasteiger partial charge < -0.3 is 0 Å². The monoisotopic (exact) mass is 491 g/mol. The predicted molar refractivity (Wildman–Crippen MR) is 137 cm³/mol. The molecule has 0 aliphatic carbocycles. The van der Waals surface area contributed by atoms with Gasteiger partial charge in [0, 0.05) is 10.6 Å². The quantitative estimate of drug-likeness (QED) is 0.287. The van der Waals surface area contributed by atoms with Gasteiger partial charge in [0.1, 0.15) is 6.54 Å². The molecule has 0 saturated heterocycles. The minimum absolute atomic E-state index is 0.0834. The zero-order valence-corrected chi connectivity index (χ0v) is 19.9. The van der Waals surface area contributed by atoms with Gasteiger partial charge >= 0.3 is 0 Å². The Labute approximate surface area is 203 Å². The van der Waals surface area contributed by atoms with Crippen molar-refractivity contribution in [1.29, 1.82) is 0 Å². The number of nitrogens with one attached hydrogen (secondary N) is 1. The van der Waals surface area contributed by atoms with E-state index >= 15 is 0 Å². The maximum Gasteiger partial charge on any atom is 0.264 e. The van der Waals surface area contributed by atoms with Gasteiger partial charge in [-0.1, -0.05) is 71.8 Å². The Morgan fingerprint density at radius 3 is 2.35 bits per heavy atom. The first kappa shape index (κ1) is 23.5. The number of hydrazone groups is 1. The van der Waals surface area contributed by atoms with Gasteiger partial charge in [0.2, 0.25) is 0 Å². The molecule has 4 aromatic rings. The molecule has 4 aromatic carbocycles. The van der Waals surface area contributed by atoms with Gasteiger partial charge in [0.25, 0.3) is 15.9 Å². The van der Waals surface area contributed by atoms with E-state index in [1.165, 1.54) is 12.1 Å². The van der Waals surface area contributed by atoms with Crippen LogP contribution in [0.25, 0.3) is 10.8 Å². The van der Waals surface area contributed by atoms with Crippen LogP contribution in [0, 0.1) is 6.92 Å². The molecular formula is C26H22ClN3O3S. The molecule has 0 unspecified atom stereocenters. The second kappa shape index (κ2) is 10.1. The van der Waals surface area contributed by atoms with Crippen LogP contribution in [0.15, 0.2) is 101 Å². The van der Waals surface area contributed by atoms with E-state index in [1.54, 1.807) is 42.6 Å². The number of fused-ring (bicyclic) bond motifs is 1. The number of sulfonamides is 1. The number of hydrogen-bond donors (Lipinski definition) is 1. The number of rotatable bonds is 7. The average Bonchev–Trinajstić information content (AvgIpc) is 2.83. The number of amides is 1. The van der Waals surface area contributed by atoms with Crippen LogP contribution in [0.3, 0.4) is 0 Å². The molecule has 0 radical (unpaired) electrons. The molecule has 0 aliphatic rings. The fourth-order valence-electron chi connectivity index (χ4n) is 3.46. The van der Waals surface area contributed by atoms with Crippen molar-refractivity contribution in [3.8, 4) is 0 Å². The first-order valence-corrected chi connectivity index (χ1v) is 12.3. The van der Waals surface area contributed by atoms with E-state index in [1.807, 2.05) is 49.4 Å². The lowest BCUT2D eigenvalue weighted by molar-refractivity contribution is -0.119. The highest BCUT2D eigenvalue weighted by atomic mass is 35.5. The van der Waals surface area contributed by atoms with E-state index < -0.39 is 22.5 Å². The van der Waals surface area contributed by atoms with Crippen molar-refractivity contribution in [3.05, 3.63) is 107 Å². The Morgan fingerprint density at radius 1 is 0.941 bits per heavy atom. The molecule has 0 aromatic heterocycles. The third-order valence-corrected chi connectivity index (χ3v) is 7.27. The minimum Gasteiger partial charge on any atom is -0.271 e. The zero-order valence-electron chi connectivity index (χ0n) is 18.4. The molecule has 0 atom stereocenters. The molecule has 0 bridgehead atoms. The van der Waals surface area contributed by atoms with Gasteiger partial charge in [-0.05, 0) is 54.1 Å². The second-order valence-corrected chi connectivity index (χ2v) is 9.96. The number of carbonyl (C=O) groups is 1. The average molecular weight is 492 g/mol. The molecule has 0 fully saturated rings. The maximum atomic E-state index is 13.4. The van der Waals surface area contributed by atoms with E-state index in [2.05, 4.69) is 10.5 Å². The lowest BCUT2D eigenvalue weighted by atomic mass is 10.1. The summed E-state index contributed by atoms with van der Waals surface area (Å²) in [5.41, 5.74) is 4.52. The Morgan fingerprint density at radius 2 is 1.62 bits per heavy atom. The Kier molecular flexibility index (Phi) is 6.95. The maximum absolute atomic E-state index is 13.4. The largest absolute Gasteiger partial charge is 0.271 e.